The molecular weight excluding hydrogens is 264 g/mol. The maximum Gasteiger partial charge on any atom is 0.416 e. The van der Waals surface area contributed by atoms with Gasteiger partial charge < -0.3 is 0 Å². The third kappa shape index (κ3) is 3.21. The third-order valence-electron chi connectivity index (χ3n) is 2.25. The summed E-state index contributed by atoms with van der Waals surface area (Å²) in [4.78, 5) is 10.2. The number of alkyl halides is 6. The van der Waals surface area contributed by atoms with Gasteiger partial charge in [-0.1, -0.05) is 5.18 Å². The lowest BCUT2D eigenvalue weighted by molar-refractivity contribution is -0.143. The second-order valence-electron chi connectivity index (χ2n) is 3.62. The van der Waals surface area contributed by atoms with Gasteiger partial charge in [0, 0.05) is 0 Å². The molecule has 0 N–H and O–H groups in total. The molecule has 0 aromatic heterocycles. The van der Waals surface area contributed by atoms with Crippen LogP contribution in [0.1, 0.15) is 29.7 Å². The first kappa shape index (κ1) is 14.5. The number of hydrogen-bond acceptors (Lipinski definition) is 2. The highest BCUT2D eigenvalue weighted by Crippen LogP contribution is 2.37. The molecule has 0 heterocycles. The fraction of sp³-hybridized carbons (Fsp3) is 0.400. The second kappa shape index (κ2) is 4.58. The summed E-state index contributed by atoms with van der Waals surface area (Å²) in [5.41, 5.74) is -3.34. The number of halogens is 6. The molecule has 18 heavy (non-hydrogen) atoms. The number of benzene rings is 1. The minimum atomic E-state index is -4.92. The molecular formula is C10H7F6NO. The average molecular weight is 271 g/mol. The van der Waals surface area contributed by atoms with Crippen molar-refractivity contribution in [2.24, 2.45) is 5.18 Å². The van der Waals surface area contributed by atoms with Crippen LogP contribution < -0.4 is 0 Å². The third-order valence-corrected chi connectivity index (χ3v) is 2.25. The van der Waals surface area contributed by atoms with Crippen LogP contribution in [0.25, 0.3) is 0 Å². The van der Waals surface area contributed by atoms with Crippen LogP contribution in [0, 0.1) is 4.91 Å². The van der Waals surface area contributed by atoms with Crippen molar-refractivity contribution < 1.29 is 26.3 Å². The summed E-state index contributed by atoms with van der Waals surface area (Å²) < 4.78 is 74.6. The molecule has 0 amide bonds. The predicted molar refractivity (Wildman–Crippen MR) is 50.7 cm³/mol. The van der Waals surface area contributed by atoms with E-state index in [1.54, 1.807) is 0 Å². The minimum absolute atomic E-state index is 0.00101. The molecule has 0 radical (unpaired) electrons. The molecule has 0 aliphatic carbocycles. The second-order valence-corrected chi connectivity index (χ2v) is 3.62. The smallest absolute Gasteiger partial charge is 0.166 e. The lowest BCUT2D eigenvalue weighted by atomic mass is 10.0. The Balaban J connectivity index is 3.43. The molecule has 0 fully saturated rings. The monoisotopic (exact) mass is 271 g/mol. The molecule has 0 bridgehead atoms. The van der Waals surface area contributed by atoms with Crippen molar-refractivity contribution in [1.82, 2.24) is 0 Å². The maximum absolute atomic E-state index is 12.4. The van der Waals surface area contributed by atoms with Gasteiger partial charge >= 0.3 is 12.4 Å². The van der Waals surface area contributed by atoms with E-state index in [4.69, 9.17) is 0 Å². The quantitative estimate of drug-likeness (QED) is 0.573. The van der Waals surface area contributed by atoms with Crippen LogP contribution in [0.2, 0.25) is 0 Å². The van der Waals surface area contributed by atoms with Crippen LogP contribution in [0.3, 0.4) is 0 Å². The van der Waals surface area contributed by atoms with Crippen molar-refractivity contribution in [1.29, 1.82) is 0 Å². The fourth-order valence-electron chi connectivity index (χ4n) is 1.28. The standard InChI is InChI=1S/C10H7F6NO/c1-5(17-18)6-2-7(9(11,12)13)4-8(3-6)10(14,15)16/h2-5H,1H3/t5-/m1/s1. The van der Waals surface area contributed by atoms with E-state index in [-0.39, 0.29) is 6.07 Å². The number of nitrogens with zero attached hydrogens (tertiary/aromatic N) is 1. The van der Waals surface area contributed by atoms with Crippen LogP contribution in [0.5, 0.6) is 0 Å². The summed E-state index contributed by atoms with van der Waals surface area (Å²) in [7, 11) is 0. The number of nitroso groups, excluding NO2 is 1. The van der Waals surface area contributed by atoms with Gasteiger partial charge in [0.1, 0.15) is 6.04 Å². The van der Waals surface area contributed by atoms with E-state index in [1.165, 1.54) is 0 Å². The maximum atomic E-state index is 12.4. The molecule has 2 nitrogen and oxygen atoms in total. The van der Waals surface area contributed by atoms with Crippen LogP contribution in [-0.4, -0.2) is 0 Å². The summed E-state index contributed by atoms with van der Waals surface area (Å²) >= 11 is 0. The highest BCUT2D eigenvalue weighted by Gasteiger charge is 2.37. The van der Waals surface area contributed by atoms with Gasteiger partial charge in [0.15, 0.2) is 0 Å². The molecule has 0 spiro atoms. The van der Waals surface area contributed by atoms with Crippen LogP contribution in [0.4, 0.5) is 26.3 Å². The average Bonchev–Trinajstić information content (AvgIpc) is 2.25. The molecule has 1 aromatic rings. The summed E-state index contributed by atoms with van der Waals surface area (Å²) in [5, 5.41) is 2.42. The Morgan fingerprint density at radius 1 is 0.944 bits per heavy atom. The van der Waals surface area contributed by atoms with Crippen molar-refractivity contribution in [3.63, 3.8) is 0 Å². The largest absolute Gasteiger partial charge is 0.416 e. The van der Waals surface area contributed by atoms with E-state index in [0.29, 0.717) is 12.1 Å². The molecule has 1 rings (SSSR count). The van der Waals surface area contributed by atoms with Gasteiger partial charge in [-0.05, 0) is 30.7 Å². The summed E-state index contributed by atoms with van der Waals surface area (Å²) in [6.07, 6.45) is -9.84. The van der Waals surface area contributed by atoms with Gasteiger partial charge in [-0.25, -0.2) is 0 Å². The first-order valence-corrected chi connectivity index (χ1v) is 4.67. The Morgan fingerprint density at radius 2 is 1.33 bits per heavy atom. The van der Waals surface area contributed by atoms with E-state index in [9.17, 15) is 31.2 Å². The normalized spacial score (nSPS) is 14.4. The Kier molecular flexibility index (Phi) is 3.68. The summed E-state index contributed by atoms with van der Waals surface area (Å²) in [6.45, 7) is 1.11. The van der Waals surface area contributed by atoms with Gasteiger partial charge in [-0.15, -0.1) is 0 Å². The topological polar surface area (TPSA) is 29.4 Å². The molecule has 0 unspecified atom stereocenters. The molecule has 1 aromatic carbocycles. The SMILES string of the molecule is C[C@@H](N=O)c1cc(C(F)(F)F)cc(C(F)(F)F)c1. The molecule has 0 saturated heterocycles. The van der Waals surface area contributed by atoms with Crippen LogP contribution in [0.15, 0.2) is 23.4 Å². The van der Waals surface area contributed by atoms with E-state index >= 15 is 0 Å². The number of rotatable bonds is 2. The Bertz CT molecular complexity index is 418. The Morgan fingerprint density at radius 3 is 1.61 bits per heavy atom. The van der Waals surface area contributed by atoms with Gasteiger partial charge in [-0.3, -0.25) is 0 Å². The zero-order chi connectivity index (χ0) is 14.1. The Hall–Kier alpha value is -1.60. The molecule has 0 aliphatic rings. The lowest BCUT2D eigenvalue weighted by Gasteiger charge is -2.14. The zero-order valence-electron chi connectivity index (χ0n) is 8.93. The highest BCUT2D eigenvalue weighted by atomic mass is 19.4. The molecule has 8 heteroatoms. The molecule has 0 saturated carbocycles. The minimum Gasteiger partial charge on any atom is -0.166 e. The van der Waals surface area contributed by atoms with Crippen molar-refractivity contribution in [2.75, 3.05) is 0 Å². The first-order chi connectivity index (χ1) is 8.05. The van der Waals surface area contributed by atoms with Gasteiger partial charge in [0.05, 0.1) is 11.1 Å². The summed E-state index contributed by atoms with van der Waals surface area (Å²) in [6, 6.07) is -0.308. The predicted octanol–water partition coefficient (Wildman–Crippen LogP) is 4.55. The summed E-state index contributed by atoms with van der Waals surface area (Å²) in [5.74, 6) is 0. The zero-order valence-corrected chi connectivity index (χ0v) is 8.93. The van der Waals surface area contributed by atoms with Crippen LogP contribution >= 0.6 is 0 Å². The van der Waals surface area contributed by atoms with Gasteiger partial charge in [0.2, 0.25) is 0 Å². The number of hydrogen-bond donors (Lipinski definition) is 0. The molecule has 100 valence electrons. The molecule has 1 atom stereocenters. The van der Waals surface area contributed by atoms with E-state index < -0.39 is 35.1 Å². The van der Waals surface area contributed by atoms with Crippen molar-refractivity contribution in [3.05, 3.63) is 39.8 Å². The fourth-order valence-corrected chi connectivity index (χ4v) is 1.28. The van der Waals surface area contributed by atoms with Gasteiger partial charge in [-0.2, -0.15) is 31.2 Å². The lowest BCUT2D eigenvalue weighted by Crippen LogP contribution is -2.12. The van der Waals surface area contributed by atoms with Crippen molar-refractivity contribution >= 4 is 0 Å². The van der Waals surface area contributed by atoms with E-state index in [2.05, 4.69) is 5.18 Å². The molecule has 0 aliphatic heterocycles. The Labute approximate surface area is 97.6 Å². The van der Waals surface area contributed by atoms with Crippen LogP contribution in [-0.2, 0) is 12.4 Å². The van der Waals surface area contributed by atoms with Crippen molar-refractivity contribution in [2.45, 2.75) is 25.3 Å². The van der Waals surface area contributed by atoms with E-state index in [1.807, 2.05) is 0 Å². The van der Waals surface area contributed by atoms with Crippen molar-refractivity contribution in [3.8, 4) is 0 Å². The van der Waals surface area contributed by atoms with Gasteiger partial charge in [0.25, 0.3) is 0 Å². The highest BCUT2D eigenvalue weighted by molar-refractivity contribution is 5.35. The van der Waals surface area contributed by atoms with E-state index in [0.717, 1.165) is 6.92 Å². The first-order valence-electron chi connectivity index (χ1n) is 4.67.